The Balaban J connectivity index is 1.74. The summed E-state index contributed by atoms with van der Waals surface area (Å²) in [6, 6.07) is 5.39. The minimum Gasteiger partial charge on any atom is -0.493 e. The maximum Gasteiger partial charge on any atom is 0.303 e. The van der Waals surface area contributed by atoms with Gasteiger partial charge in [0.15, 0.2) is 11.5 Å². The van der Waals surface area contributed by atoms with E-state index in [-0.39, 0.29) is 13.2 Å². The maximum atomic E-state index is 10.3. The molecule has 5 nitrogen and oxygen atoms in total. The van der Waals surface area contributed by atoms with Gasteiger partial charge in [-0.05, 0) is 25.0 Å². The van der Waals surface area contributed by atoms with E-state index in [1.54, 1.807) is 12.1 Å². The number of rotatable bonds is 6. The number of carbonyl (C=O) groups is 1. The lowest BCUT2D eigenvalue weighted by atomic mass is 10.2. The van der Waals surface area contributed by atoms with E-state index in [1.165, 1.54) is 0 Å². The molecule has 0 saturated carbocycles. The zero-order chi connectivity index (χ0) is 12.1. The first-order chi connectivity index (χ1) is 8.25. The molecule has 0 saturated heterocycles. The molecule has 2 rings (SSSR count). The second kappa shape index (κ2) is 5.43. The largest absolute Gasteiger partial charge is 0.493 e. The molecule has 0 radical (unpaired) electrons. The van der Waals surface area contributed by atoms with Crippen molar-refractivity contribution in [1.82, 2.24) is 0 Å². The molecule has 17 heavy (non-hydrogen) atoms. The number of carboxylic acid groups (broad SMARTS) is 1. The van der Waals surface area contributed by atoms with E-state index >= 15 is 0 Å². The molecule has 1 aromatic rings. The molecule has 1 aliphatic rings. The molecule has 0 fully saturated rings. The Kier molecular flexibility index (Phi) is 3.69. The molecular formula is C12H14O5. The van der Waals surface area contributed by atoms with Gasteiger partial charge in [0.05, 0.1) is 6.61 Å². The predicted molar refractivity (Wildman–Crippen MR) is 59.5 cm³/mol. The van der Waals surface area contributed by atoms with Crippen molar-refractivity contribution in [2.24, 2.45) is 0 Å². The van der Waals surface area contributed by atoms with Crippen molar-refractivity contribution in [1.29, 1.82) is 0 Å². The summed E-state index contributed by atoms with van der Waals surface area (Å²) in [5.41, 5.74) is 0. The Morgan fingerprint density at radius 3 is 2.94 bits per heavy atom. The zero-order valence-electron chi connectivity index (χ0n) is 9.35. The molecule has 1 heterocycles. The standard InChI is InChI=1S/C12H14O5/c13-12(14)3-1-2-6-15-9-4-5-10-11(7-9)17-8-16-10/h4-5,7H,1-3,6,8H2,(H,13,14). The first-order valence-corrected chi connectivity index (χ1v) is 5.50. The molecule has 1 aromatic carbocycles. The first kappa shape index (κ1) is 11.6. The minimum absolute atomic E-state index is 0.185. The van der Waals surface area contributed by atoms with Crippen molar-refractivity contribution in [2.45, 2.75) is 19.3 Å². The van der Waals surface area contributed by atoms with Crippen LogP contribution in [0.15, 0.2) is 18.2 Å². The third-order valence-electron chi connectivity index (χ3n) is 2.40. The van der Waals surface area contributed by atoms with E-state index in [0.29, 0.717) is 24.5 Å². The number of ether oxygens (including phenoxy) is 3. The molecule has 0 aromatic heterocycles. The second-order valence-corrected chi connectivity index (χ2v) is 3.71. The highest BCUT2D eigenvalue weighted by Crippen LogP contribution is 2.35. The topological polar surface area (TPSA) is 65.0 Å². The summed E-state index contributed by atoms with van der Waals surface area (Å²) < 4.78 is 15.9. The minimum atomic E-state index is -0.770. The summed E-state index contributed by atoms with van der Waals surface area (Å²) in [5.74, 6) is 1.36. The Morgan fingerprint density at radius 2 is 2.12 bits per heavy atom. The molecule has 0 unspecified atom stereocenters. The van der Waals surface area contributed by atoms with E-state index in [2.05, 4.69) is 0 Å². The van der Waals surface area contributed by atoms with E-state index in [0.717, 1.165) is 12.2 Å². The summed E-state index contributed by atoms with van der Waals surface area (Å²) in [7, 11) is 0. The summed E-state index contributed by atoms with van der Waals surface area (Å²) in [6.45, 7) is 0.754. The van der Waals surface area contributed by atoms with Crippen LogP contribution >= 0.6 is 0 Å². The lowest BCUT2D eigenvalue weighted by Crippen LogP contribution is -2.00. The van der Waals surface area contributed by atoms with Gasteiger partial charge in [-0.1, -0.05) is 0 Å². The maximum absolute atomic E-state index is 10.3. The smallest absolute Gasteiger partial charge is 0.303 e. The predicted octanol–water partition coefficient (Wildman–Crippen LogP) is 2.05. The van der Waals surface area contributed by atoms with Crippen molar-refractivity contribution >= 4 is 5.97 Å². The summed E-state index contributed by atoms with van der Waals surface area (Å²) in [5, 5.41) is 8.46. The van der Waals surface area contributed by atoms with Crippen molar-refractivity contribution < 1.29 is 24.1 Å². The normalized spacial score (nSPS) is 12.5. The first-order valence-electron chi connectivity index (χ1n) is 5.50. The number of benzene rings is 1. The molecule has 92 valence electrons. The van der Waals surface area contributed by atoms with E-state index in [4.69, 9.17) is 19.3 Å². The van der Waals surface area contributed by atoms with Crippen molar-refractivity contribution in [2.75, 3.05) is 13.4 Å². The lowest BCUT2D eigenvalue weighted by Gasteiger charge is -2.06. The summed E-state index contributed by atoms with van der Waals surface area (Å²) >= 11 is 0. The van der Waals surface area contributed by atoms with Crippen LogP contribution in [-0.4, -0.2) is 24.5 Å². The average molecular weight is 238 g/mol. The van der Waals surface area contributed by atoms with Crippen LogP contribution in [0.5, 0.6) is 17.2 Å². The third kappa shape index (κ3) is 3.27. The van der Waals surface area contributed by atoms with Gasteiger partial charge in [0, 0.05) is 12.5 Å². The number of unbranched alkanes of at least 4 members (excludes halogenated alkanes) is 1. The quantitative estimate of drug-likeness (QED) is 0.768. The van der Waals surface area contributed by atoms with Crippen molar-refractivity contribution in [3.63, 3.8) is 0 Å². The fourth-order valence-electron chi connectivity index (χ4n) is 1.53. The third-order valence-corrected chi connectivity index (χ3v) is 2.40. The highest BCUT2D eigenvalue weighted by atomic mass is 16.7. The number of hydrogen-bond acceptors (Lipinski definition) is 4. The molecule has 0 aliphatic carbocycles. The number of aliphatic carboxylic acids is 1. The van der Waals surface area contributed by atoms with Crippen LogP contribution in [0.25, 0.3) is 0 Å². The summed E-state index contributed by atoms with van der Waals surface area (Å²) in [4.78, 5) is 10.3. The molecule has 1 aliphatic heterocycles. The van der Waals surface area contributed by atoms with Crippen LogP contribution in [0, 0.1) is 0 Å². The van der Waals surface area contributed by atoms with Gasteiger partial charge in [-0.3, -0.25) is 4.79 Å². The molecule has 5 heteroatoms. The fourth-order valence-corrected chi connectivity index (χ4v) is 1.53. The number of carboxylic acids is 1. The summed E-state index contributed by atoms with van der Waals surface area (Å²) in [6.07, 6.45) is 1.53. The fraction of sp³-hybridized carbons (Fsp3) is 0.417. The van der Waals surface area contributed by atoms with Gasteiger partial charge < -0.3 is 19.3 Å². The van der Waals surface area contributed by atoms with Crippen molar-refractivity contribution in [3.8, 4) is 17.2 Å². The van der Waals surface area contributed by atoms with Gasteiger partial charge in [0.25, 0.3) is 0 Å². The Morgan fingerprint density at radius 1 is 1.29 bits per heavy atom. The van der Waals surface area contributed by atoms with Gasteiger partial charge in [0.2, 0.25) is 6.79 Å². The van der Waals surface area contributed by atoms with Gasteiger partial charge in [-0.2, -0.15) is 0 Å². The van der Waals surface area contributed by atoms with Gasteiger partial charge >= 0.3 is 5.97 Å². The van der Waals surface area contributed by atoms with Crippen LogP contribution in [0.2, 0.25) is 0 Å². The van der Waals surface area contributed by atoms with Crippen molar-refractivity contribution in [3.05, 3.63) is 18.2 Å². The second-order valence-electron chi connectivity index (χ2n) is 3.71. The molecule has 0 amide bonds. The number of hydrogen-bond donors (Lipinski definition) is 1. The van der Waals surface area contributed by atoms with Gasteiger partial charge in [0.1, 0.15) is 5.75 Å². The molecule has 1 N–H and O–H groups in total. The van der Waals surface area contributed by atoms with Crippen LogP contribution in [-0.2, 0) is 4.79 Å². The highest BCUT2D eigenvalue weighted by Gasteiger charge is 2.13. The van der Waals surface area contributed by atoms with Crippen LogP contribution in [0.4, 0.5) is 0 Å². The molecular weight excluding hydrogens is 224 g/mol. The lowest BCUT2D eigenvalue weighted by molar-refractivity contribution is -0.137. The molecule has 0 atom stereocenters. The van der Waals surface area contributed by atoms with E-state index < -0.39 is 5.97 Å². The highest BCUT2D eigenvalue weighted by molar-refractivity contribution is 5.66. The molecule has 0 bridgehead atoms. The van der Waals surface area contributed by atoms with Crippen LogP contribution in [0.3, 0.4) is 0 Å². The monoisotopic (exact) mass is 238 g/mol. The SMILES string of the molecule is O=C(O)CCCCOc1ccc2c(c1)OCO2. The Labute approximate surface area is 98.9 Å². The van der Waals surface area contributed by atoms with E-state index in [1.807, 2.05) is 6.07 Å². The zero-order valence-corrected chi connectivity index (χ0v) is 9.35. The van der Waals surface area contributed by atoms with Crippen LogP contribution < -0.4 is 14.2 Å². The number of fused-ring (bicyclic) bond motifs is 1. The Bertz CT molecular complexity index is 402. The molecule has 0 spiro atoms. The van der Waals surface area contributed by atoms with Crippen LogP contribution in [0.1, 0.15) is 19.3 Å². The van der Waals surface area contributed by atoms with Gasteiger partial charge in [-0.15, -0.1) is 0 Å². The average Bonchev–Trinajstić information content (AvgIpc) is 2.75. The van der Waals surface area contributed by atoms with E-state index in [9.17, 15) is 4.79 Å². The Hall–Kier alpha value is -1.91. The van der Waals surface area contributed by atoms with Gasteiger partial charge in [-0.25, -0.2) is 0 Å².